The van der Waals surface area contributed by atoms with Gasteiger partial charge in [0.25, 0.3) is 0 Å². The lowest BCUT2D eigenvalue weighted by molar-refractivity contribution is -0.137. The van der Waals surface area contributed by atoms with Crippen LogP contribution in [0.5, 0.6) is 0 Å². The number of benzene rings is 1. The molecule has 2 aliphatic rings. The predicted octanol–water partition coefficient (Wildman–Crippen LogP) is 3.35. The molecule has 1 aromatic carbocycles. The number of para-hydroxylation sites is 1. The number of anilines is 1. The molecule has 0 saturated carbocycles. The molecule has 0 unspecified atom stereocenters. The van der Waals surface area contributed by atoms with Crippen molar-refractivity contribution in [1.82, 2.24) is 0 Å². The molecular weight excluding hydrogens is 401 g/mol. The van der Waals surface area contributed by atoms with Gasteiger partial charge in [0.05, 0.1) is 28.8 Å². The maximum atomic E-state index is 13.5. The standard InChI is InChI=1S/C17H19F3N2O3S2/c1-10(2)7-15(23)21-16-22(13-8-27(24,25)9-14(13)26-16)12-6-4-3-5-11(12)17(18,19)20/h3-6,10,13-14H,7-9H2,1-2H3/t13-,14+/m0/s1. The molecule has 2 heterocycles. The lowest BCUT2D eigenvalue weighted by Crippen LogP contribution is -2.39. The molecular formula is C17H19F3N2O3S2. The summed E-state index contributed by atoms with van der Waals surface area (Å²) in [5.41, 5.74) is -1.04. The van der Waals surface area contributed by atoms with Gasteiger partial charge in [0.15, 0.2) is 15.0 Å². The number of sulfone groups is 1. The van der Waals surface area contributed by atoms with Crippen LogP contribution in [-0.2, 0) is 20.8 Å². The maximum Gasteiger partial charge on any atom is 0.418 e. The highest BCUT2D eigenvalue weighted by Gasteiger charge is 2.51. The Balaban J connectivity index is 2.07. The van der Waals surface area contributed by atoms with Gasteiger partial charge in [0, 0.05) is 11.7 Å². The van der Waals surface area contributed by atoms with Crippen molar-refractivity contribution in [1.29, 1.82) is 0 Å². The van der Waals surface area contributed by atoms with E-state index in [0.29, 0.717) is 0 Å². The van der Waals surface area contributed by atoms with Crippen molar-refractivity contribution in [3.8, 4) is 0 Å². The van der Waals surface area contributed by atoms with Crippen LogP contribution in [0.2, 0.25) is 0 Å². The zero-order valence-corrected chi connectivity index (χ0v) is 16.4. The molecule has 0 aliphatic carbocycles. The summed E-state index contributed by atoms with van der Waals surface area (Å²) in [6.07, 6.45) is -4.43. The Morgan fingerprint density at radius 2 is 1.96 bits per heavy atom. The largest absolute Gasteiger partial charge is 0.418 e. The highest BCUT2D eigenvalue weighted by atomic mass is 32.2. The number of thioether (sulfide) groups is 1. The lowest BCUT2D eigenvalue weighted by atomic mass is 10.1. The molecule has 0 spiro atoms. The first-order valence-electron chi connectivity index (χ1n) is 8.42. The summed E-state index contributed by atoms with van der Waals surface area (Å²) in [6.45, 7) is 3.69. The van der Waals surface area contributed by atoms with Crippen LogP contribution < -0.4 is 4.90 Å². The Morgan fingerprint density at radius 3 is 2.59 bits per heavy atom. The van der Waals surface area contributed by atoms with Gasteiger partial charge >= 0.3 is 6.18 Å². The second-order valence-corrected chi connectivity index (χ2v) is 10.4. The van der Waals surface area contributed by atoms with E-state index in [9.17, 15) is 26.4 Å². The van der Waals surface area contributed by atoms with E-state index < -0.39 is 38.8 Å². The monoisotopic (exact) mass is 420 g/mol. The highest BCUT2D eigenvalue weighted by molar-refractivity contribution is 8.16. The molecule has 0 radical (unpaired) electrons. The molecule has 0 bridgehead atoms. The van der Waals surface area contributed by atoms with E-state index in [0.717, 1.165) is 17.8 Å². The van der Waals surface area contributed by atoms with Gasteiger partial charge in [0.1, 0.15) is 0 Å². The van der Waals surface area contributed by atoms with Crippen molar-refractivity contribution in [3.05, 3.63) is 29.8 Å². The summed E-state index contributed by atoms with van der Waals surface area (Å²) in [5.74, 6) is -0.757. The molecule has 2 fully saturated rings. The number of halogens is 3. The fraction of sp³-hybridized carbons (Fsp3) is 0.529. The minimum Gasteiger partial charge on any atom is -0.315 e. The summed E-state index contributed by atoms with van der Waals surface area (Å²) in [6, 6.07) is 4.30. The van der Waals surface area contributed by atoms with Crippen LogP contribution >= 0.6 is 11.8 Å². The zero-order chi connectivity index (χ0) is 20.0. The van der Waals surface area contributed by atoms with E-state index in [4.69, 9.17) is 0 Å². The quantitative estimate of drug-likeness (QED) is 0.750. The SMILES string of the molecule is CC(C)CC(=O)N=C1S[C@@H]2CS(=O)(=O)C[C@@H]2N1c1ccccc1C(F)(F)F. The molecule has 2 aliphatic heterocycles. The fourth-order valence-corrected chi connectivity index (χ4v) is 7.20. The predicted molar refractivity (Wildman–Crippen MR) is 99.6 cm³/mol. The molecule has 3 rings (SSSR count). The van der Waals surface area contributed by atoms with E-state index in [-0.39, 0.29) is 34.7 Å². The Hall–Kier alpha value is -1.55. The third kappa shape index (κ3) is 4.31. The molecule has 5 nitrogen and oxygen atoms in total. The van der Waals surface area contributed by atoms with Crippen LogP contribution in [0.4, 0.5) is 18.9 Å². The number of hydrogen-bond donors (Lipinski definition) is 0. The minimum atomic E-state index is -4.61. The second-order valence-electron chi connectivity index (χ2n) is 7.07. The third-order valence-corrected chi connectivity index (χ3v) is 7.55. The van der Waals surface area contributed by atoms with Crippen molar-refractivity contribution in [2.24, 2.45) is 10.9 Å². The van der Waals surface area contributed by atoms with Gasteiger partial charge < -0.3 is 4.90 Å². The molecule has 27 heavy (non-hydrogen) atoms. The molecule has 1 amide bonds. The van der Waals surface area contributed by atoms with E-state index in [2.05, 4.69) is 4.99 Å². The van der Waals surface area contributed by atoms with Crippen molar-refractivity contribution in [2.75, 3.05) is 16.4 Å². The van der Waals surface area contributed by atoms with Gasteiger partial charge in [-0.2, -0.15) is 18.2 Å². The minimum absolute atomic E-state index is 0.0593. The molecule has 1 aromatic rings. The van der Waals surface area contributed by atoms with Crippen molar-refractivity contribution < 1.29 is 26.4 Å². The molecule has 148 valence electrons. The number of hydrogen-bond acceptors (Lipinski definition) is 4. The van der Waals surface area contributed by atoms with Gasteiger partial charge in [-0.15, -0.1) is 0 Å². The number of nitrogens with zero attached hydrogens (tertiary/aromatic N) is 2. The number of amidine groups is 1. The van der Waals surface area contributed by atoms with Crippen LogP contribution in [0.15, 0.2) is 29.3 Å². The first kappa shape index (κ1) is 20.2. The molecule has 10 heteroatoms. The average molecular weight is 420 g/mol. The summed E-state index contributed by atoms with van der Waals surface area (Å²) in [7, 11) is -3.35. The zero-order valence-electron chi connectivity index (χ0n) is 14.7. The number of amides is 1. The number of alkyl halides is 3. The first-order chi connectivity index (χ1) is 12.5. The smallest absolute Gasteiger partial charge is 0.315 e. The second kappa shape index (κ2) is 7.12. The number of fused-ring (bicyclic) bond motifs is 1. The number of aliphatic imine (C=N–C) groups is 1. The Bertz CT molecular complexity index is 882. The van der Waals surface area contributed by atoms with Gasteiger partial charge in [-0.25, -0.2) is 8.42 Å². The topological polar surface area (TPSA) is 66.8 Å². The average Bonchev–Trinajstić information content (AvgIpc) is 2.96. The first-order valence-corrected chi connectivity index (χ1v) is 11.1. The number of carbonyl (C=O) groups is 1. The maximum absolute atomic E-state index is 13.5. The van der Waals surface area contributed by atoms with E-state index in [1.807, 2.05) is 13.8 Å². The summed E-state index contributed by atoms with van der Waals surface area (Å²) in [5, 5.41) is -0.302. The Labute approximate surface area is 159 Å². The highest BCUT2D eigenvalue weighted by Crippen LogP contribution is 2.45. The summed E-state index contributed by atoms with van der Waals surface area (Å²) < 4.78 is 64.5. The molecule has 2 atom stereocenters. The van der Waals surface area contributed by atoms with E-state index in [1.54, 1.807) is 0 Å². The number of carbonyl (C=O) groups excluding carboxylic acids is 1. The summed E-state index contributed by atoms with van der Waals surface area (Å²) >= 11 is 1.07. The van der Waals surface area contributed by atoms with Crippen molar-refractivity contribution >= 4 is 38.4 Å². The Kier molecular flexibility index (Phi) is 5.33. The van der Waals surface area contributed by atoms with Crippen molar-refractivity contribution in [3.63, 3.8) is 0 Å². The van der Waals surface area contributed by atoms with Gasteiger partial charge in [-0.3, -0.25) is 4.79 Å². The van der Waals surface area contributed by atoms with Gasteiger partial charge in [-0.1, -0.05) is 37.7 Å². The summed E-state index contributed by atoms with van der Waals surface area (Å²) in [4.78, 5) is 17.5. The Morgan fingerprint density at radius 1 is 1.30 bits per heavy atom. The van der Waals surface area contributed by atoms with Crippen LogP contribution in [0, 0.1) is 5.92 Å². The van der Waals surface area contributed by atoms with Crippen LogP contribution in [0.1, 0.15) is 25.8 Å². The molecule has 2 saturated heterocycles. The molecule has 0 N–H and O–H groups in total. The van der Waals surface area contributed by atoms with Crippen molar-refractivity contribution in [2.45, 2.75) is 37.7 Å². The fourth-order valence-electron chi connectivity index (χ4n) is 3.27. The van der Waals surface area contributed by atoms with E-state index >= 15 is 0 Å². The normalized spacial score (nSPS) is 26.0. The third-order valence-electron chi connectivity index (χ3n) is 4.34. The lowest BCUT2D eigenvalue weighted by Gasteiger charge is -2.27. The van der Waals surface area contributed by atoms with E-state index in [1.165, 1.54) is 23.1 Å². The van der Waals surface area contributed by atoms with Crippen LogP contribution in [-0.4, -0.2) is 42.3 Å². The van der Waals surface area contributed by atoms with Gasteiger partial charge in [0.2, 0.25) is 5.91 Å². The number of rotatable bonds is 3. The van der Waals surface area contributed by atoms with Crippen LogP contribution in [0.25, 0.3) is 0 Å². The molecule has 0 aromatic heterocycles. The van der Waals surface area contributed by atoms with Gasteiger partial charge in [-0.05, 0) is 18.1 Å². The van der Waals surface area contributed by atoms with Crippen LogP contribution in [0.3, 0.4) is 0 Å².